The average molecular weight is 585 g/mol. The van der Waals surface area contributed by atoms with Crippen LogP contribution in [-0.4, -0.2) is 78.9 Å². The van der Waals surface area contributed by atoms with Gasteiger partial charge >= 0.3 is 5.97 Å². The highest BCUT2D eigenvalue weighted by Gasteiger charge is 2.30. The van der Waals surface area contributed by atoms with Gasteiger partial charge in [-0.2, -0.15) is 12.6 Å². The number of nitrogens with zero attached hydrogens (tertiary/aromatic N) is 1. The van der Waals surface area contributed by atoms with Gasteiger partial charge in [0.15, 0.2) is 0 Å². The van der Waals surface area contributed by atoms with Gasteiger partial charge in [-0.1, -0.05) is 24.3 Å². The molecule has 0 spiro atoms. The van der Waals surface area contributed by atoms with Crippen molar-refractivity contribution in [2.24, 2.45) is 5.73 Å². The number of phenols is 2. The SMILES string of the molecule is NC(Cc1ccc(O)cc1)C(=O)NC(Cc1ccc(O)cc1)C(=O)NC(CS)C(=O)NC(Cc1cnc[nH]1)C(=O)O. The van der Waals surface area contributed by atoms with E-state index in [1.54, 1.807) is 24.3 Å². The standard InChI is InChI=1S/C27H32N6O7S/c28-20(9-15-1-5-18(34)6-2-15)24(36)31-21(10-16-3-7-19(35)8-4-16)25(37)33-23(13-41)26(38)32-22(27(39)40)11-17-12-29-14-30-17/h1-8,12,14,20-23,34-35,41H,9-11,13,28H2,(H,29,30)(H,31,36)(H,32,38)(H,33,37)(H,39,40). The van der Waals surface area contributed by atoms with Crippen molar-refractivity contribution < 1.29 is 34.5 Å². The Kier molecular flexibility index (Phi) is 11.1. The van der Waals surface area contributed by atoms with Gasteiger partial charge in [0.2, 0.25) is 17.7 Å². The first-order chi connectivity index (χ1) is 19.5. The third-order valence-electron chi connectivity index (χ3n) is 6.15. The average Bonchev–Trinajstić information content (AvgIpc) is 3.46. The van der Waals surface area contributed by atoms with Gasteiger partial charge in [-0.3, -0.25) is 14.4 Å². The zero-order valence-electron chi connectivity index (χ0n) is 21.9. The van der Waals surface area contributed by atoms with Gasteiger partial charge in [0.25, 0.3) is 0 Å². The second kappa shape index (κ2) is 14.7. The van der Waals surface area contributed by atoms with Crippen molar-refractivity contribution in [3.8, 4) is 11.5 Å². The number of carbonyl (C=O) groups excluding carboxylic acids is 3. The lowest BCUT2D eigenvalue weighted by molar-refractivity contribution is -0.142. The lowest BCUT2D eigenvalue weighted by Gasteiger charge is -2.24. The van der Waals surface area contributed by atoms with E-state index in [-0.39, 0.29) is 36.5 Å². The number of phenolic OH excluding ortho intramolecular Hbond substituents is 2. The first kappa shape index (κ1) is 31.0. The number of H-pyrrole nitrogens is 1. The highest BCUT2D eigenvalue weighted by Crippen LogP contribution is 2.13. The summed E-state index contributed by atoms with van der Waals surface area (Å²) in [7, 11) is 0. The number of aliphatic carboxylic acids is 1. The maximum atomic E-state index is 13.3. The minimum absolute atomic E-state index is 0.00225. The van der Waals surface area contributed by atoms with Gasteiger partial charge in [-0.15, -0.1) is 0 Å². The number of aromatic hydroxyl groups is 2. The Balaban J connectivity index is 1.71. The van der Waals surface area contributed by atoms with Crippen LogP contribution in [0.2, 0.25) is 0 Å². The van der Waals surface area contributed by atoms with E-state index < -0.39 is 47.9 Å². The molecule has 14 heteroatoms. The lowest BCUT2D eigenvalue weighted by Crippen LogP contribution is -2.58. The first-order valence-electron chi connectivity index (χ1n) is 12.6. The van der Waals surface area contributed by atoms with Crippen LogP contribution in [0.1, 0.15) is 16.8 Å². The number of carboxylic acids is 1. The Morgan fingerprint density at radius 3 is 1.80 bits per heavy atom. The van der Waals surface area contributed by atoms with Crippen LogP contribution in [0.4, 0.5) is 0 Å². The van der Waals surface area contributed by atoms with E-state index in [1.165, 1.54) is 36.8 Å². The molecule has 13 nitrogen and oxygen atoms in total. The van der Waals surface area contributed by atoms with Crippen molar-refractivity contribution in [3.05, 3.63) is 77.9 Å². The van der Waals surface area contributed by atoms with Crippen molar-refractivity contribution in [2.75, 3.05) is 5.75 Å². The molecule has 1 heterocycles. The summed E-state index contributed by atoms with van der Waals surface area (Å²) in [5, 5.41) is 36.2. The minimum Gasteiger partial charge on any atom is -0.508 e. The summed E-state index contributed by atoms with van der Waals surface area (Å²) in [6.45, 7) is 0. The van der Waals surface area contributed by atoms with Crippen molar-refractivity contribution >= 4 is 36.3 Å². The Morgan fingerprint density at radius 1 is 0.780 bits per heavy atom. The first-order valence-corrected chi connectivity index (χ1v) is 13.2. The molecule has 1 aromatic heterocycles. The highest BCUT2D eigenvalue weighted by molar-refractivity contribution is 7.80. The fraction of sp³-hybridized carbons (Fsp3) is 0.296. The molecule has 3 aromatic rings. The van der Waals surface area contributed by atoms with Crippen LogP contribution in [0.25, 0.3) is 0 Å². The molecule has 0 saturated heterocycles. The Labute approximate surface area is 241 Å². The summed E-state index contributed by atoms with van der Waals surface area (Å²) in [5.41, 5.74) is 7.87. The molecule has 0 aliphatic carbocycles. The molecule has 218 valence electrons. The van der Waals surface area contributed by atoms with Crippen molar-refractivity contribution in [3.63, 3.8) is 0 Å². The Morgan fingerprint density at radius 2 is 1.29 bits per heavy atom. The lowest BCUT2D eigenvalue weighted by atomic mass is 10.0. The summed E-state index contributed by atoms with van der Waals surface area (Å²) in [6.07, 6.45) is 2.89. The van der Waals surface area contributed by atoms with Crippen LogP contribution in [0.15, 0.2) is 61.1 Å². The minimum atomic E-state index is -1.30. The number of aromatic nitrogens is 2. The van der Waals surface area contributed by atoms with Crippen LogP contribution in [0.5, 0.6) is 11.5 Å². The van der Waals surface area contributed by atoms with Crippen molar-refractivity contribution in [1.29, 1.82) is 0 Å². The summed E-state index contributed by atoms with van der Waals surface area (Å²) in [5.74, 6) is -3.49. The maximum Gasteiger partial charge on any atom is 0.326 e. The van der Waals surface area contributed by atoms with E-state index in [4.69, 9.17) is 5.73 Å². The molecule has 2 aromatic carbocycles. The fourth-order valence-corrected chi connectivity index (χ4v) is 4.15. The van der Waals surface area contributed by atoms with Gasteiger partial charge in [-0.25, -0.2) is 9.78 Å². The molecule has 4 atom stereocenters. The second-order valence-corrected chi connectivity index (χ2v) is 9.70. The van der Waals surface area contributed by atoms with E-state index in [0.29, 0.717) is 16.8 Å². The quantitative estimate of drug-likeness (QED) is 0.113. The molecular formula is C27H32N6O7S. The van der Waals surface area contributed by atoms with E-state index in [0.717, 1.165) is 0 Å². The molecule has 0 radical (unpaired) electrons. The van der Waals surface area contributed by atoms with Gasteiger partial charge < -0.3 is 42.0 Å². The number of aromatic amines is 1. The molecule has 0 aliphatic heterocycles. The predicted octanol–water partition coefficient (Wildman–Crippen LogP) is -0.355. The molecule has 0 bridgehead atoms. The zero-order valence-corrected chi connectivity index (χ0v) is 22.8. The summed E-state index contributed by atoms with van der Waals surface area (Å²) in [6, 6.07) is 7.46. The molecule has 3 amide bonds. The second-order valence-electron chi connectivity index (χ2n) is 9.33. The van der Waals surface area contributed by atoms with E-state index in [1.807, 2.05) is 0 Å². The van der Waals surface area contributed by atoms with E-state index in [9.17, 15) is 34.5 Å². The fourth-order valence-electron chi connectivity index (χ4n) is 3.89. The van der Waals surface area contributed by atoms with Gasteiger partial charge in [0.1, 0.15) is 29.6 Å². The van der Waals surface area contributed by atoms with Crippen molar-refractivity contribution in [2.45, 2.75) is 43.4 Å². The monoisotopic (exact) mass is 584 g/mol. The normalized spacial score (nSPS) is 13.8. The van der Waals surface area contributed by atoms with Crippen LogP contribution < -0.4 is 21.7 Å². The van der Waals surface area contributed by atoms with E-state index in [2.05, 4.69) is 38.5 Å². The number of carbonyl (C=O) groups is 4. The van der Waals surface area contributed by atoms with Crippen LogP contribution in [0, 0.1) is 0 Å². The Hall–Kier alpha value is -4.56. The number of hydrogen-bond donors (Lipinski definition) is 9. The number of amides is 3. The molecule has 0 fully saturated rings. The van der Waals surface area contributed by atoms with Crippen LogP contribution >= 0.6 is 12.6 Å². The zero-order chi connectivity index (χ0) is 29.9. The third-order valence-corrected chi connectivity index (χ3v) is 6.51. The van der Waals surface area contributed by atoms with Crippen molar-refractivity contribution in [1.82, 2.24) is 25.9 Å². The molecule has 3 rings (SSSR count). The smallest absolute Gasteiger partial charge is 0.326 e. The number of thiol groups is 1. The highest BCUT2D eigenvalue weighted by atomic mass is 32.1. The number of nitrogens with one attached hydrogen (secondary N) is 4. The summed E-state index contributed by atoms with van der Waals surface area (Å²) >= 11 is 4.14. The number of rotatable bonds is 14. The topological polar surface area (TPSA) is 220 Å². The number of benzene rings is 2. The number of hydrogen-bond acceptors (Lipinski definition) is 9. The molecule has 9 N–H and O–H groups in total. The summed E-state index contributed by atoms with van der Waals surface area (Å²) < 4.78 is 0. The third kappa shape index (κ3) is 9.54. The molecule has 4 unspecified atom stereocenters. The summed E-state index contributed by atoms with van der Waals surface area (Å²) in [4.78, 5) is 57.5. The molecule has 0 aliphatic rings. The van der Waals surface area contributed by atoms with Gasteiger partial charge in [0.05, 0.1) is 12.4 Å². The largest absolute Gasteiger partial charge is 0.508 e. The molecule has 41 heavy (non-hydrogen) atoms. The predicted molar refractivity (Wildman–Crippen MR) is 151 cm³/mol. The Bertz CT molecular complexity index is 1320. The van der Waals surface area contributed by atoms with Crippen LogP contribution in [0.3, 0.4) is 0 Å². The number of carboxylic acid groups (broad SMARTS) is 1. The van der Waals surface area contributed by atoms with Gasteiger partial charge in [-0.05, 0) is 41.8 Å². The van der Waals surface area contributed by atoms with E-state index >= 15 is 0 Å². The maximum absolute atomic E-state index is 13.3. The van der Waals surface area contributed by atoms with Crippen LogP contribution in [-0.2, 0) is 38.4 Å². The molecule has 0 saturated carbocycles. The number of imidazole rings is 1. The van der Waals surface area contributed by atoms with Gasteiger partial charge in [0, 0.05) is 30.5 Å². The molecular weight excluding hydrogens is 552 g/mol. The number of nitrogens with two attached hydrogens (primary N) is 1.